The number of rotatable bonds is 4. The fourth-order valence-corrected chi connectivity index (χ4v) is 9.97. The average molecular weight is 390 g/mol. The second-order valence-corrected chi connectivity index (χ2v) is 11.4. The van der Waals surface area contributed by atoms with E-state index >= 15 is 0 Å². The van der Waals surface area contributed by atoms with Crippen molar-refractivity contribution in [3.8, 4) is 0 Å². The van der Waals surface area contributed by atoms with Gasteiger partial charge in [0.15, 0.2) is 0 Å². The minimum absolute atomic E-state index is 0.286. The van der Waals surface area contributed by atoms with Crippen LogP contribution < -0.4 is 0 Å². The molecule has 0 spiro atoms. The fraction of sp³-hybridized carbons (Fsp3) is 0.636. The van der Waals surface area contributed by atoms with Crippen LogP contribution in [0.2, 0.25) is 0 Å². The minimum atomic E-state index is -0.762. The van der Waals surface area contributed by atoms with Crippen LogP contribution in [0.15, 0.2) is 40.0 Å². The van der Waals surface area contributed by atoms with E-state index in [9.17, 15) is 0 Å². The summed E-state index contributed by atoms with van der Waals surface area (Å²) in [7, 11) is 0. The monoisotopic (exact) mass is 388 g/mol. The van der Waals surface area contributed by atoms with Gasteiger partial charge in [-0.05, 0) is 0 Å². The van der Waals surface area contributed by atoms with Gasteiger partial charge in [0.2, 0.25) is 0 Å². The van der Waals surface area contributed by atoms with Gasteiger partial charge in [0.25, 0.3) is 0 Å². The van der Waals surface area contributed by atoms with Gasteiger partial charge in [-0.2, -0.15) is 0 Å². The standard InChI is InChI=1S/2C11H17.Zr/c2*1-6-10-7-11(4,5)9(3)8(10)2;/h2*6H2,1-5H3;. The van der Waals surface area contributed by atoms with Gasteiger partial charge in [0.1, 0.15) is 0 Å². The molecule has 0 bridgehead atoms. The molecule has 0 fully saturated rings. The van der Waals surface area contributed by atoms with E-state index in [-0.39, 0.29) is 10.8 Å². The van der Waals surface area contributed by atoms with Gasteiger partial charge in [0, 0.05) is 0 Å². The van der Waals surface area contributed by atoms with E-state index in [0.29, 0.717) is 0 Å². The van der Waals surface area contributed by atoms with Crippen LogP contribution in [0.25, 0.3) is 0 Å². The topological polar surface area (TPSA) is 0 Å². The van der Waals surface area contributed by atoms with Gasteiger partial charge in [0.05, 0.1) is 0 Å². The molecule has 0 aromatic rings. The zero-order chi connectivity index (χ0) is 17.7. The molecule has 0 nitrogen and oxygen atoms in total. The molecule has 0 saturated heterocycles. The van der Waals surface area contributed by atoms with Crippen LogP contribution in [0.5, 0.6) is 0 Å². The summed E-state index contributed by atoms with van der Waals surface area (Å²) in [5.41, 5.74) is 10.4. The van der Waals surface area contributed by atoms with Gasteiger partial charge in [-0.3, -0.25) is 0 Å². The molecule has 0 unspecified atom stereocenters. The van der Waals surface area contributed by atoms with E-state index in [1.165, 1.54) is 12.8 Å². The Bertz CT molecular complexity index is 602. The molecule has 0 aliphatic heterocycles. The molecule has 0 N–H and O–H groups in total. The first-order chi connectivity index (χ1) is 10.5. The summed E-state index contributed by atoms with van der Waals surface area (Å²) in [6, 6.07) is 0. The molecule has 0 atom stereocenters. The van der Waals surface area contributed by atoms with Gasteiger partial charge < -0.3 is 0 Å². The summed E-state index contributed by atoms with van der Waals surface area (Å²) in [6.45, 7) is 24.0. The molecule has 126 valence electrons. The van der Waals surface area contributed by atoms with E-state index in [1.54, 1.807) is 33.4 Å². The third-order valence-electron chi connectivity index (χ3n) is 6.72. The summed E-state index contributed by atoms with van der Waals surface area (Å²) < 4.78 is 3.69. The number of allylic oxidation sites excluding steroid dienone is 8. The summed E-state index contributed by atoms with van der Waals surface area (Å²) in [5.74, 6) is 0. The van der Waals surface area contributed by atoms with Crippen LogP contribution in [0.3, 0.4) is 0 Å². The summed E-state index contributed by atoms with van der Waals surface area (Å²) in [4.78, 5) is 0. The molecule has 0 aromatic heterocycles. The summed E-state index contributed by atoms with van der Waals surface area (Å²) in [5, 5.41) is 0. The maximum atomic E-state index is 2.46. The quantitative estimate of drug-likeness (QED) is 0.479. The van der Waals surface area contributed by atoms with Crippen molar-refractivity contribution in [2.45, 2.75) is 82.1 Å². The van der Waals surface area contributed by atoms with E-state index in [4.69, 9.17) is 0 Å². The second kappa shape index (κ2) is 6.29. The fourth-order valence-electron chi connectivity index (χ4n) is 4.37. The average Bonchev–Trinajstić information content (AvgIpc) is 2.75. The number of hydrogen-bond acceptors (Lipinski definition) is 0. The van der Waals surface area contributed by atoms with Gasteiger partial charge in [-0.25, -0.2) is 0 Å². The van der Waals surface area contributed by atoms with Gasteiger partial charge in [-0.15, -0.1) is 0 Å². The Hall–Kier alpha value is -0.157. The summed E-state index contributed by atoms with van der Waals surface area (Å²) >= 11 is -0.762. The normalized spacial score (nSPS) is 23.6. The second-order valence-electron chi connectivity index (χ2n) is 8.29. The molecule has 0 amide bonds. The first kappa shape index (κ1) is 19.2. The third kappa shape index (κ3) is 2.76. The SMILES string of the molecule is CCC1=[C]([Zr][C]2=C(CC)C(C)=C(C)C2(C)C)C(C)(C)C(C)=C1C. The van der Waals surface area contributed by atoms with Crippen molar-refractivity contribution in [2.75, 3.05) is 0 Å². The van der Waals surface area contributed by atoms with Crippen molar-refractivity contribution < 1.29 is 23.2 Å². The van der Waals surface area contributed by atoms with Crippen molar-refractivity contribution in [1.82, 2.24) is 0 Å². The molecule has 1 heteroatoms. The van der Waals surface area contributed by atoms with Crippen LogP contribution in [0.4, 0.5) is 0 Å². The molecule has 2 aliphatic rings. The summed E-state index contributed by atoms with van der Waals surface area (Å²) in [6.07, 6.45) is 2.40. The van der Waals surface area contributed by atoms with E-state index in [2.05, 4.69) is 69.2 Å². The molecule has 2 rings (SSSR count). The van der Waals surface area contributed by atoms with Crippen molar-refractivity contribution >= 4 is 0 Å². The molecule has 23 heavy (non-hydrogen) atoms. The molecular weight excluding hydrogens is 355 g/mol. The Balaban J connectivity index is 2.55. The van der Waals surface area contributed by atoms with Crippen molar-refractivity contribution in [2.24, 2.45) is 10.8 Å². The molecule has 0 heterocycles. The Labute approximate surface area is 155 Å². The van der Waals surface area contributed by atoms with Crippen molar-refractivity contribution in [3.63, 3.8) is 0 Å². The third-order valence-corrected chi connectivity index (χ3v) is 12.5. The Morgan fingerprint density at radius 3 is 1.22 bits per heavy atom. The van der Waals surface area contributed by atoms with E-state index in [1.807, 2.05) is 6.56 Å². The Morgan fingerprint density at radius 2 is 0.957 bits per heavy atom. The van der Waals surface area contributed by atoms with Crippen LogP contribution in [0, 0.1) is 10.8 Å². The van der Waals surface area contributed by atoms with Crippen LogP contribution >= 0.6 is 0 Å². The van der Waals surface area contributed by atoms with Crippen LogP contribution in [0.1, 0.15) is 82.1 Å². The molecule has 0 saturated carbocycles. The predicted molar refractivity (Wildman–Crippen MR) is 98.9 cm³/mol. The zero-order valence-corrected chi connectivity index (χ0v) is 19.4. The Kier molecular flexibility index (Phi) is 5.24. The van der Waals surface area contributed by atoms with Crippen molar-refractivity contribution in [1.29, 1.82) is 0 Å². The van der Waals surface area contributed by atoms with Gasteiger partial charge >= 0.3 is 156 Å². The zero-order valence-electron chi connectivity index (χ0n) is 16.9. The molecule has 0 aromatic carbocycles. The maximum absolute atomic E-state index is 2.46. The Morgan fingerprint density at radius 1 is 0.652 bits per heavy atom. The predicted octanol–water partition coefficient (Wildman–Crippen LogP) is 7.15. The first-order valence-electron chi connectivity index (χ1n) is 9.12. The van der Waals surface area contributed by atoms with E-state index < -0.39 is 23.2 Å². The van der Waals surface area contributed by atoms with Gasteiger partial charge in [-0.1, -0.05) is 0 Å². The number of hydrogen-bond donors (Lipinski definition) is 0. The molecular formula is C22H34Zr. The van der Waals surface area contributed by atoms with Crippen LogP contribution in [-0.2, 0) is 23.2 Å². The molecule has 0 radical (unpaired) electrons. The van der Waals surface area contributed by atoms with Crippen molar-refractivity contribution in [3.05, 3.63) is 40.0 Å². The van der Waals surface area contributed by atoms with Crippen LogP contribution in [-0.4, -0.2) is 0 Å². The first-order valence-corrected chi connectivity index (χ1v) is 11.6. The van der Waals surface area contributed by atoms with E-state index in [0.717, 1.165) is 0 Å². The molecule has 2 aliphatic carbocycles.